The number of nitrogens with zero attached hydrogens (tertiary/aromatic N) is 1. The number of hydrogen-bond donors (Lipinski definition) is 1. The van der Waals surface area contributed by atoms with Gasteiger partial charge in [-0.2, -0.15) is 5.26 Å². The normalized spacial score (nSPS) is 20.8. The quantitative estimate of drug-likeness (QED) is 0.918. The van der Waals surface area contributed by atoms with Crippen molar-refractivity contribution in [1.29, 1.82) is 5.26 Å². The summed E-state index contributed by atoms with van der Waals surface area (Å²) in [6.45, 7) is 4.44. The van der Waals surface area contributed by atoms with Crippen LogP contribution in [0.1, 0.15) is 25.8 Å². The van der Waals surface area contributed by atoms with Crippen LogP contribution in [0.4, 0.5) is 4.39 Å². The minimum absolute atomic E-state index is 0.155. The molecule has 1 unspecified atom stereocenters. The van der Waals surface area contributed by atoms with E-state index in [4.69, 9.17) is 5.26 Å². The molecule has 0 bridgehead atoms. The van der Waals surface area contributed by atoms with Crippen LogP contribution < -0.4 is 4.72 Å². The summed E-state index contributed by atoms with van der Waals surface area (Å²) in [5.74, 6) is -0.529. The van der Waals surface area contributed by atoms with Crippen molar-refractivity contribution in [2.75, 3.05) is 6.54 Å². The van der Waals surface area contributed by atoms with Crippen LogP contribution in [0.5, 0.6) is 0 Å². The third-order valence-electron chi connectivity index (χ3n) is 3.61. The van der Waals surface area contributed by atoms with Crippen LogP contribution >= 0.6 is 0 Å². The molecule has 1 fully saturated rings. The summed E-state index contributed by atoms with van der Waals surface area (Å²) in [5.41, 5.74) is -0.284. The van der Waals surface area contributed by atoms with E-state index in [-0.39, 0.29) is 10.3 Å². The van der Waals surface area contributed by atoms with Gasteiger partial charge in [0.25, 0.3) is 0 Å². The van der Waals surface area contributed by atoms with Crippen LogP contribution in [0.25, 0.3) is 0 Å². The molecule has 0 radical (unpaired) electrons. The fourth-order valence-electron chi connectivity index (χ4n) is 2.05. The molecule has 102 valence electrons. The van der Waals surface area contributed by atoms with Gasteiger partial charge in [-0.1, -0.05) is 19.9 Å². The Morgan fingerprint density at radius 3 is 2.68 bits per heavy atom. The van der Waals surface area contributed by atoms with Crippen LogP contribution in [-0.2, 0) is 10.0 Å². The van der Waals surface area contributed by atoms with Crippen molar-refractivity contribution in [1.82, 2.24) is 4.72 Å². The van der Waals surface area contributed by atoms with E-state index < -0.39 is 21.4 Å². The van der Waals surface area contributed by atoms with Crippen molar-refractivity contribution in [2.45, 2.75) is 25.2 Å². The Morgan fingerprint density at radius 2 is 2.16 bits per heavy atom. The van der Waals surface area contributed by atoms with Gasteiger partial charge in [0, 0.05) is 6.54 Å². The van der Waals surface area contributed by atoms with E-state index in [1.54, 1.807) is 6.07 Å². The van der Waals surface area contributed by atoms with Crippen LogP contribution in [0, 0.1) is 28.5 Å². The first-order chi connectivity index (χ1) is 8.78. The highest BCUT2D eigenvalue weighted by Gasteiger charge is 2.45. The van der Waals surface area contributed by atoms with Crippen molar-refractivity contribution >= 4 is 10.0 Å². The summed E-state index contributed by atoms with van der Waals surface area (Å²) < 4.78 is 40.0. The van der Waals surface area contributed by atoms with Gasteiger partial charge in [0.05, 0.1) is 0 Å². The van der Waals surface area contributed by atoms with Crippen LogP contribution in [0.3, 0.4) is 0 Å². The molecule has 1 atom stereocenters. The zero-order chi connectivity index (χ0) is 14.3. The standard InChI is InChI=1S/C13H15FN2O2S/c1-13(2)6-9(13)8-16-19(17,18)12-5-3-4-11(14)10(12)7-15/h3-5,9,16H,6,8H2,1-2H3. The van der Waals surface area contributed by atoms with Crippen molar-refractivity contribution in [2.24, 2.45) is 11.3 Å². The van der Waals surface area contributed by atoms with Gasteiger partial charge in [0.1, 0.15) is 22.3 Å². The maximum Gasteiger partial charge on any atom is 0.242 e. The van der Waals surface area contributed by atoms with Crippen molar-refractivity contribution in [3.05, 3.63) is 29.6 Å². The van der Waals surface area contributed by atoms with Crippen molar-refractivity contribution < 1.29 is 12.8 Å². The van der Waals surface area contributed by atoms with Gasteiger partial charge in [0.15, 0.2) is 0 Å². The van der Waals surface area contributed by atoms with Gasteiger partial charge in [-0.15, -0.1) is 0 Å². The number of sulfonamides is 1. The molecule has 19 heavy (non-hydrogen) atoms. The monoisotopic (exact) mass is 282 g/mol. The van der Waals surface area contributed by atoms with E-state index in [9.17, 15) is 12.8 Å². The average Bonchev–Trinajstić information content (AvgIpc) is 2.94. The van der Waals surface area contributed by atoms with E-state index >= 15 is 0 Å². The van der Waals surface area contributed by atoms with E-state index in [0.717, 1.165) is 12.5 Å². The smallest absolute Gasteiger partial charge is 0.211 e. The number of nitriles is 1. The van der Waals surface area contributed by atoms with E-state index in [2.05, 4.69) is 18.6 Å². The molecule has 1 aliphatic rings. The molecule has 0 spiro atoms. The van der Waals surface area contributed by atoms with Crippen LogP contribution in [0.2, 0.25) is 0 Å². The summed E-state index contributed by atoms with van der Waals surface area (Å²) >= 11 is 0. The Labute approximate surface area is 112 Å². The molecule has 0 heterocycles. The van der Waals surface area contributed by atoms with Gasteiger partial charge in [-0.05, 0) is 29.9 Å². The molecule has 1 aromatic rings. The highest BCUT2D eigenvalue weighted by atomic mass is 32.2. The first-order valence-electron chi connectivity index (χ1n) is 5.96. The number of hydrogen-bond acceptors (Lipinski definition) is 3. The molecule has 0 aromatic heterocycles. The SMILES string of the molecule is CC1(C)CC1CNS(=O)(=O)c1cccc(F)c1C#N. The molecule has 6 heteroatoms. The van der Waals surface area contributed by atoms with Gasteiger partial charge < -0.3 is 0 Å². The second-order valence-corrected chi connectivity index (χ2v) is 7.20. The third kappa shape index (κ3) is 2.77. The molecular formula is C13H15FN2O2S. The lowest BCUT2D eigenvalue weighted by molar-refractivity contribution is 0.536. The van der Waals surface area contributed by atoms with Gasteiger partial charge in [-0.25, -0.2) is 17.5 Å². The second kappa shape index (κ2) is 4.58. The molecule has 1 N–H and O–H groups in total. The average molecular weight is 282 g/mol. The minimum Gasteiger partial charge on any atom is -0.211 e. The Hall–Kier alpha value is -1.45. The maximum absolute atomic E-state index is 13.4. The molecule has 2 rings (SSSR count). The maximum atomic E-state index is 13.4. The van der Waals surface area contributed by atoms with E-state index in [1.807, 2.05) is 0 Å². The zero-order valence-corrected chi connectivity index (χ0v) is 11.6. The van der Waals surface area contributed by atoms with Gasteiger partial charge in [-0.3, -0.25) is 0 Å². The predicted octanol–water partition coefficient (Wildman–Crippen LogP) is 2.02. The minimum atomic E-state index is -3.84. The van der Waals surface area contributed by atoms with Gasteiger partial charge in [0.2, 0.25) is 10.0 Å². The molecule has 1 saturated carbocycles. The first-order valence-corrected chi connectivity index (χ1v) is 7.44. The fraction of sp³-hybridized carbons (Fsp3) is 0.462. The second-order valence-electron chi connectivity index (χ2n) is 5.47. The summed E-state index contributed by atoms with van der Waals surface area (Å²) in [6.07, 6.45) is 0.962. The molecular weight excluding hydrogens is 267 g/mol. The largest absolute Gasteiger partial charge is 0.242 e. The molecule has 0 amide bonds. The lowest BCUT2D eigenvalue weighted by Crippen LogP contribution is -2.27. The summed E-state index contributed by atoms with van der Waals surface area (Å²) in [5, 5.41) is 8.85. The Bertz CT molecular complexity index is 647. The lowest BCUT2D eigenvalue weighted by atomic mass is 10.1. The molecule has 1 aromatic carbocycles. The highest BCUT2D eigenvalue weighted by molar-refractivity contribution is 7.89. The summed E-state index contributed by atoms with van der Waals surface area (Å²) in [7, 11) is -3.84. The summed E-state index contributed by atoms with van der Waals surface area (Å²) in [4.78, 5) is -0.298. The molecule has 0 saturated heterocycles. The van der Waals surface area contributed by atoms with E-state index in [1.165, 1.54) is 12.1 Å². The number of halogens is 1. The third-order valence-corrected chi connectivity index (χ3v) is 5.08. The predicted molar refractivity (Wildman–Crippen MR) is 68.2 cm³/mol. The van der Waals surface area contributed by atoms with Crippen molar-refractivity contribution in [3.8, 4) is 6.07 Å². The fourth-order valence-corrected chi connectivity index (χ4v) is 3.30. The Balaban J connectivity index is 2.21. The molecule has 4 nitrogen and oxygen atoms in total. The van der Waals surface area contributed by atoms with Crippen molar-refractivity contribution in [3.63, 3.8) is 0 Å². The molecule has 1 aliphatic carbocycles. The van der Waals surface area contributed by atoms with Crippen LogP contribution in [0.15, 0.2) is 23.1 Å². The zero-order valence-electron chi connectivity index (χ0n) is 10.8. The molecule has 0 aliphatic heterocycles. The Morgan fingerprint density at radius 1 is 1.53 bits per heavy atom. The lowest BCUT2D eigenvalue weighted by Gasteiger charge is -2.09. The number of benzene rings is 1. The van der Waals surface area contributed by atoms with E-state index in [0.29, 0.717) is 12.5 Å². The number of nitrogens with one attached hydrogen (secondary N) is 1. The highest BCUT2D eigenvalue weighted by Crippen LogP contribution is 2.51. The van der Waals surface area contributed by atoms with Crippen LogP contribution in [-0.4, -0.2) is 15.0 Å². The summed E-state index contributed by atoms with van der Waals surface area (Å²) in [6, 6.07) is 5.19. The van der Waals surface area contributed by atoms with Gasteiger partial charge >= 0.3 is 0 Å². The number of rotatable bonds is 4. The first kappa shape index (κ1) is 14.0. The Kier molecular flexibility index (Phi) is 3.37. The topological polar surface area (TPSA) is 70.0 Å².